The van der Waals surface area contributed by atoms with E-state index in [1.54, 1.807) is 16.7 Å². The Morgan fingerprint density at radius 1 is 1.33 bits per heavy atom. The largest absolute Gasteiger partial charge is 0.504 e. The van der Waals surface area contributed by atoms with Gasteiger partial charge in [0.25, 0.3) is 5.91 Å². The van der Waals surface area contributed by atoms with Crippen LogP contribution in [0.25, 0.3) is 22.6 Å². The second-order valence-corrected chi connectivity index (χ2v) is 6.23. The van der Waals surface area contributed by atoms with Gasteiger partial charge in [-0.2, -0.15) is 5.10 Å². The quantitative estimate of drug-likeness (QED) is 0.321. The fourth-order valence-corrected chi connectivity index (χ4v) is 2.90. The van der Waals surface area contributed by atoms with Crippen molar-refractivity contribution in [3.05, 3.63) is 48.0 Å². The van der Waals surface area contributed by atoms with Crippen LogP contribution >= 0.6 is 0 Å². The maximum Gasteiger partial charge on any atom is 0.260 e. The van der Waals surface area contributed by atoms with Gasteiger partial charge in [-0.25, -0.2) is 15.0 Å². The Kier molecular flexibility index (Phi) is 4.99. The van der Waals surface area contributed by atoms with Crippen molar-refractivity contribution in [2.24, 2.45) is 5.10 Å². The summed E-state index contributed by atoms with van der Waals surface area (Å²) in [5.74, 6) is 0.360. The van der Waals surface area contributed by atoms with Crippen LogP contribution in [0.2, 0.25) is 0 Å². The lowest BCUT2D eigenvalue weighted by Crippen LogP contribution is -2.23. The molecule has 0 aliphatic carbocycles. The van der Waals surface area contributed by atoms with Gasteiger partial charge in [0.1, 0.15) is 6.54 Å². The number of aromatic nitrogens is 4. The highest BCUT2D eigenvalue weighted by molar-refractivity contribution is 5.86. The number of phenols is 1. The zero-order chi connectivity index (χ0) is 21.1. The number of phenolic OH excluding ortho intramolecular Hbond substituents is 1. The predicted octanol–water partition coefficient (Wildman–Crippen LogP) is 1.53. The van der Waals surface area contributed by atoms with Crippen LogP contribution in [0.3, 0.4) is 0 Å². The number of benzene rings is 2. The number of nitrogens with two attached hydrogens (primary N) is 1. The molecule has 11 nitrogen and oxygen atoms in total. The first-order chi connectivity index (χ1) is 14.6. The summed E-state index contributed by atoms with van der Waals surface area (Å²) in [6.45, 7) is -0.0849. The van der Waals surface area contributed by atoms with Gasteiger partial charge in [-0.05, 0) is 46.2 Å². The van der Waals surface area contributed by atoms with Crippen LogP contribution in [0, 0.1) is 0 Å². The van der Waals surface area contributed by atoms with Gasteiger partial charge in [-0.15, -0.1) is 0 Å². The van der Waals surface area contributed by atoms with Crippen LogP contribution in [-0.2, 0) is 11.3 Å². The van der Waals surface area contributed by atoms with E-state index in [-0.39, 0.29) is 23.8 Å². The molecule has 0 fully saturated rings. The predicted molar refractivity (Wildman–Crippen MR) is 108 cm³/mol. The van der Waals surface area contributed by atoms with E-state index in [2.05, 4.69) is 30.5 Å². The maximum atomic E-state index is 12.5. The number of imidazole rings is 1. The molecule has 4 aromatic rings. The molecular weight excluding hydrogens is 390 g/mol. The summed E-state index contributed by atoms with van der Waals surface area (Å²) in [6.07, 6.45) is 1.44. The van der Waals surface area contributed by atoms with Gasteiger partial charge in [0.15, 0.2) is 28.8 Å². The highest BCUT2D eigenvalue weighted by atomic mass is 16.6. The minimum Gasteiger partial charge on any atom is -0.504 e. The van der Waals surface area contributed by atoms with Crippen LogP contribution in [0.15, 0.2) is 52.2 Å². The Bertz CT molecular complexity index is 1240. The lowest BCUT2D eigenvalue weighted by Gasteiger charge is -2.07. The second kappa shape index (κ2) is 7.91. The highest BCUT2D eigenvalue weighted by Crippen LogP contribution is 2.27. The van der Waals surface area contributed by atoms with Crippen molar-refractivity contribution in [3.63, 3.8) is 0 Å². The Hall–Kier alpha value is -4.41. The van der Waals surface area contributed by atoms with Crippen LogP contribution in [-0.4, -0.2) is 44.2 Å². The Labute approximate surface area is 169 Å². The molecule has 1 amide bonds. The number of aromatic hydroxyl groups is 1. The molecule has 4 N–H and O–H groups in total. The lowest BCUT2D eigenvalue weighted by atomic mass is 10.2. The highest BCUT2D eigenvalue weighted by Gasteiger charge is 2.20. The summed E-state index contributed by atoms with van der Waals surface area (Å²) in [7, 11) is 1.45. The van der Waals surface area contributed by atoms with E-state index in [1.165, 1.54) is 19.4 Å². The third-order valence-electron chi connectivity index (χ3n) is 4.29. The first kappa shape index (κ1) is 18.9. The van der Waals surface area contributed by atoms with E-state index in [4.69, 9.17) is 10.5 Å². The van der Waals surface area contributed by atoms with Gasteiger partial charge in [0, 0.05) is 0 Å². The van der Waals surface area contributed by atoms with Crippen LogP contribution in [0.4, 0.5) is 5.82 Å². The molecular formula is C19H17N7O4. The van der Waals surface area contributed by atoms with Gasteiger partial charge in [-0.1, -0.05) is 12.1 Å². The first-order valence-electron chi connectivity index (χ1n) is 8.79. The number of fused-ring (bicyclic) bond motifs is 1. The Balaban J connectivity index is 1.55. The number of methoxy groups -OCH3 is 1. The monoisotopic (exact) mass is 407 g/mol. The smallest absolute Gasteiger partial charge is 0.260 e. The number of anilines is 1. The summed E-state index contributed by atoms with van der Waals surface area (Å²) >= 11 is 0. The van der Waals surface area contributed by atoms with Crippen molar-refractivity contribution in [2.45, 2.75) is 6.54 Å². The molecule has 4 rings (SSSR count). The number of nitrogens with one attached hydrogen (secondary N) is 1. The number of hydrogen-bond donors (Lipinski definition) is 3. The molecule has 152 valence electrons. The van der Waals surface area contributed by atoms with Crippen LogP contribution in [0.5, 0.6) is 11.5 Å². The molecule has 0 saturated heterocycles. The molecule has 0 bridgehead atoms. The normalized spacial score (nSPS) is 11.2. The molecule has 0 aliphatic rings. The molecule has 0 spiro atoms. The molecule has 2 aromatic heterocycles. The van der Waals surface area contributed by atoms with E-state index in [9.17, 15) is 9.90 Å². The van der Waals surface area contributed by atoms with E-state index < -0.39 is 5.91 Å². The molecule has 2 aromatic carbocycles. The second-order valence-electron chi connectivity index (χ2n) is 6.23. The molecule has 11 heteroatoms. The van der Waals surface area contributed by atoms with Crippen LogP contribution in [0.1, 0.15) is 5.56 Å². The van der Waals surface area contributed by atoms with Gasteiger partial charge in [0.2, 0.25) is 0 Å². The molecule has 2 heterocycles. The minimum absolute atomic E-state index is 0.0137. The van der Waals surface area contributed by atoms with Crippen molar-refractivity contribution in [3.8, 4) is 23.0 Å². The third kappa shape index (κ3) is 3.63. The summed E-state index contributed by atoms with van der Waals surface area (Å²) < 4.78 is 11.4. The number of amides is 1. The van der Waals surface area contributed by atoms with Crippen molar-refractivity contribution in [1.29, 1.82) is 0 Å². The zero-order valence-corrected chi connectivity index (χ0v) is 15.8. The maximum absolute atomic E-state index is 12.5. The first-order valence-corrected chi connectivity index (χ1v) is 8.79. The topological polar surface area (TPSA) is 154 Å². The van der Waals surface area contributed by atoms with Gasteiger partial charge < -0.3 is 20.1 Å². The fraction of sp³-hybridized carbons (Fsp3) is 0.105. The van der Waals surface area contributed by atoms with Crippen molar-refractivity contribution < 1.29 is 19.3 Å². The van der Waals surface area contributed by atoms with Crippen molar-refractivity contribution in [2.75, 3.05) is 12.8 Å². The number of hydrazone groups is 1. The number of nitrogen functional groups attached to an aromatic ring is 1. The molecule has 0 atom stereocenters. The average molecular weight is 407 g/mol. The van der Waals surface area contributed by atoms with Crippen molar-refractivity contribution >= 4 is 29.0 Å². The van der Waals surface area contributed by atoms with Gasteiger partial charge in [-0.3, -0.25) is 4.79 Å². The van der Waals surface area contributed by atoms with Crippen molar-refractivity contribution in [1.82, 2.24) is 25.3 Å². The summed E-state index contributed by atoms with van der Waals surface area (Å²) in [5.41, 5.74) is 10.5. The zero-order valence-electron chi connectivity index (χ0n) is 15.8. The number of carbonyl (C=O) groups is 1. The average Bonchev–Trinajstić information content (AvgIpc) is 3.32. The number of nitrogens with zero attached hydrogens (tertiary/aromatic N) is 5. The molecule has 0 radical (unpaired) electrons. The molecule has 0 aliphatic heterocycles. The summed E-state index contributed by atoms with van der Waals surface area (Å²) in [5, 5.41) is 20.9. The molecule has 30 heavy (non-hydrogen) atoms. The Morgan fingerprint density at radius 2 is 2.17 bits per heavy atom. The number of carbonyl (C=O) groups excluding carboxylic acids is 1. The molecule has 0 unspecified atom stereocenters. The van der Waals surface area contributed by atoms with Crippen LogP contribution < -0.4 is 15.9 Å². The SMILES string of the molecule is COc1cc(C=NNC(=O)Cn2c(-c3nonc3N)nc3ccccc32)ccc1O. The number of para-hydroxylation sites is 2. The molecule has 0 saturated carbocycles. The van der Waals surface area contributed by atoms with E-state index >= 15 is 0 Å². The number of hydrogen-bond acceptors (Lipinski definition) is 9. The third-order valence-corrected chi connectivity index (χ3v) is 4.29. The fourth-order valence-electron chi connectivity index (χ4n) is 2.90. The minimum atomic E-state index is -0.392. The van der Waals surface area contributed by atoms with E-state index in [1.807, 2.05) is 24.3 Å². The summed E-state index contributed by atoms with van der Waals surface area (Å²) in [6, 6.07) is 12.0. The number of ether oxygens (including phenoxy) is 1. The van der Waals surface area contributed by atoms with Gasteiger partial charge >= 0.3 is 0 Å². The lowest BCUT2D eigenvalue weighted by molar-refractivity contribution is -0.121. The number of rotatable bonds is 6. The van der Waals surface area contributed by atoms with E-state index in [0.717, 1.165) is 5.52 Å². The van der Waals surface area contributed by atoms with Gasteiger partial charge in [0.05, 0.1) is 24.4 Å². The van der Waals surface area contributed by atoms with E-state index in [0.29, 0.717) is 22.7 Å². The standard InChI is InChI=1S/C19H17N7O4/c1-29-15-8-11(6-7-14(15)27)9-21-23-16(28)10-26-13-5-3-2-4-12(13)22-19(26)17-18(20)25-30-24-17/h2-9,27H,10H2,1H3,(H2,20,25)(H,23,28). The Morgan fingerprint density at radius 3 is 2.93 bits per heavy atom. The summed E-state index contributed by atoms with van der Waals surface area (Å²) in [4.78, 5) is 17.0.